The molecule has 0 aliphatic carbocycles. The van der Waals surface area contributed by atoms with E-state index in [9.17, 15) is 9.59 Å². The number of hydrogen-bond donors (Lipinski definition) is 3. The Morgan fingerprint density at radius 2 is 2.16 bits per heavy atom. The summed E-state index contributed by atoms with van der Waals surface area (Å²) in [5, 5.41) is 14.1. The molecular formula is C12H15BrN2O4. The number of methoxy groups -OCH3 is 1. The number of aromatic carboxylic acids is 1. The third-order valence-corrected chi connectivity index (χ3v) is 2.76. The number of carboxylic acids is 1. The molecular weight excluding hydrogens is 316 g/mol. The SMILES string of the molecule is COCCCNC(=O)Nc1cc(Br)ccc1C(=O)O. The molecule has 0 saturated carbocycles. The second-order valence-electron chi connectivity index (χ2n) is 3.72. The molecule has 3 N–H and O–H groups in total. The number of carboxylic acid groups (broad SMARTS) is 1. The van der Waals surface area contributed by atoms with Gasteiger partial charge in [-0.1, -0.05) is 15.9 Å². The predicted molar refractivity (Wildman–Crippen MR) is 74.6 cm³/mol. The lowest BCUT2D eigenvalue weighted by Crippen LogP contribution is -2.30. The van der Waals surface area contributed by atoms with E-state index in [1.54, 1.807) is 13.2 Å². The molecule has 0 bridgehead atoms. The largest absolute Gasteiger partial charge is 0.478 e. The number of amides is 2. The van der Waals surface area contributed by atoms with Crippen molar-refractivity contribution in [2.75, 3.05) is 25.6 Å². The summed E-state index contributed by atoms with van der Waals surface area (Å²) in [7, 11) is 1.58. The Morgan fingerprint density at radius 3 is 2.79 bits per heavy atom. The highest BCUT2D eigenvalue weighted by molar-refractivity contribution is 9.10. The van der Waals surface area contributed by atoms with Gasteiger partial charge < -0.3 is 20.5 Å². The lowest BCUT2D eigenvalue weighted by atomic mass is 10.2. The number of halogens is 1. The van der Waals surface area contributed by atoms with Gasteiger partial charge in [0.2, 0.25) is 0 Å². The number of carbonyl (C=O) groups is 2. The standard InChI is InChI=1S/C12H15BrN2O4/c1-19-6-2-5-14-12(18)15-10-7-8(13)3-4-9(10)11(16)17/h3-4,7H,2,5-6H2,1H3,(H,16,17)(H2,14,15,18). The smallest absolute Gasteiger partial charge is 0.337 e. The van der Waals surface area contributed by atoms with Gasteiger partial charge in [-0.2, -0.15) is 0 Å². The second-order valence-corrected chi connectivity index (χ2v) is 4.64. The summed E-state index contributed by atoms with van der Waals surface area (Å²) < 4.78 is 5.54. The van der Waals surface area contributed by atoms with Crippen LogP contribution < -0.4 is 10.6 Å². The number of rotatable bonds is 6. The third-order valence-electron chi connectivity index (χ3n) is 2.27. The molecule has 6 nitrogen and oxygen atoms in total. The van der Waals surface area contributed by atoms with Gasteiger partial charge in [-0.05, 0) is 24.6 Å². The molecule has 0 unspecified atom stereocenters. The van der Waals surface area contributed by atoms with Crippen molar-refractivity contribution in [1.29, 1.82) is 0 Å². The number of nitrogens with one attached hydrogen (secondary N) is 2. The van der Waals surface area contributed by atoms with E-state index in [1.165, 1.54) is 12.1 Å². The van der Waals surface area contributed by atoms with Crippen LogP contribution in [0.1, 0.15) is 16.8 Å². The van der Waals surface area contributed by atoms with Crippen molar-refractivity contribution in [3.05, 3.63) is 28.2 Å². The molecule has 0 spiro atoms. The summed E-state index contributed by atoms with van der Waals surface area (Å²) >= 11 is 3.23. The van der Waals surface area contributed by atoms with Gasteiger partial charge in [0.05, 0.1) is 11.3 Å². The quantitative estimate of drug-likeness (QED) is 0.698. The average Bonchev–Trinajstić information content (AvgIpc) is 2.34. The third kappa shape index (κ3) is 5.27. The van der Waals surface area contributed by atoms with Crippen molar-refractivity contribution < 1.29 is 19.4 Å². The second kappa shape index (κ2) is 7.75. The molecule has 2 amide bonds. The minimum absolute atomic E-state index is 0.0373. The first-order valence-corrected chi connectivity index (χ1v) is 6.40. The summed E-state index contributed by atoms with van der Waals surface area (Å²) in [6.45, 7) is 1.01. The Kier molecular flexibility index (Phi) is 6.31. The molecule has 0 heterocycles. The molecule has 0 fully saturated rings. The predicted octanol–water partition coefficient (Wildman–Crippen LogP) is 2.31. The highest BCUT2D eigenvalue weighted by Gasteiger charge is 2.12. The lowest BCUT2D eigenvalue weighted by molar-refractivity contribution is 0.0698. The Labute approximate surface area is 119 Å². The van der Waals surface area contributed by atoms with Gasteiger partial charge in [0.1, 0.15) is 0 Å². The van der Waals surface area contributed by atoms with Crippen LogP contribution in [0.5, 0.6) is 0 Å². The topological polar surface area (TPSA) is 87.7 Å². The van der Waals surface area contributed by atoms with Crippen LogP contribution in [0.25, 0.3) is 0 Å². The summed E-state index contributed by atoms with van der Waals surface area (Å²) in [6, 6.07) is 4.12. The fraction of sp³-hybridized carbons (Fsp3) is 0.333. The van der Waals surface area contributed by atoms with E-state index in [0.717, 1.165) is 0 Å². The fourth-order valence-corrected chi connectivity index (χ4v) is 1.75. The number of carbonyl (C=O) groups excluding carboxylic acids is 1. The zero-order valence-corrected chi connectivity index (χ0v) is 12.0. The van der Waals surface area contributed by atoms with Crippen LogP contribution in [-0.2, 0) is 4.74 Å². The molecule has 1 aromatic carbocycles. The monoisotopic (exact) mass is 330 g/mol. The number of urea groups is 1. The van der Waals surface area contributed by atoms with Crippen molar-refractivity contribution in [1.82, 2.24) is 5.32 Å². The van der Waals surface area contributed by atoms with Crippen LogP contribution in [0.2, 0.25) is 0 Å². The maximum atomic E-state index is 11.6. The first-order chi connectivity index (χ1) is 9.04. The van der Waals surface area contributed by atoms with E-state index in [4.69, 9.17) is 9.84 Å². The number of anilines is 1. The van der Waals surface area contributed by atoms with Crippen molar-refractivity contribution in [3.63, 3.8) is 0 Å². The summed E-state index contributed by atoms with van der Waals surface area (Å²) in [5.41, 5.74) is 0.279. The van der Waals surface area contributed by atoms with Gasteiger partial charge in [-0.15, -0.1) is 0 Å². The van der Waals surface area contributed by atoms with Gasteiger partial charge in [0, 0.05) is 24.7 Å². The van der Waals surface area contributed by atoms with E-state index >= 15 is 0 Å². The lowest BCUT2D eigenvalue weighted by Gasteiger charge is -2.10. The van der Waals surface area contributed by atoms with E-state index in [0.29, 0.717) is 24.0 Å². The fourth-order valence-electron chi connectivity index (χ4n) is 1.39. The van der Waals surface area contributed by atoms with Crippen LogP contribution in [0.4, 0.5) is 10.5 Å². The van der Waals surface area contributed by atoms with Crippen LogP contribution in [0, 0.1) is 0 Å². The molecule has 1 rings (SSSR count). The maximum Gasteiger partial charge on any atom is 0.337 e. The van der Waals surface area contributed by atoms with Crippen molar-refractivity contribution in [2.24, 2.45) is 0 Å². The van der Waals surface area contributed by atoms with Gasteiger partial charge in [-0.3, -0.25) is 0 Å². The maximum absolute atomic E-state index is 11.6. The molecule has 0 aliphatic rings. The Bertz CT molecular complexity index is 465. The number of ether oxygens (including phenoxy) is 1. The Morgan fingerprint density at radius 1 is 1.42 bits per heavy atom. The number of hydrogen-bond acceptors (Lipinski definition) is 3. The molecule has 104 valence electrons. The van der Waals surface area contributed by atoms with E-state index in [-0.39, 0.29) is 11.3 Å². The highest BCUT2D eigenvalue weighted by Crippen LogP contribution is 2.21. The van der Waals surface area contributed by atoms with E-state index < -0.39 is 12.0 Å². The first kappa shape index (κ1) is 15.5. The molecule has 0 atom stereocenters. The normalized spacial score (nSPS) is 10.0. The van der Waals surface area contributed by atoms with Crippen molar-refractivity contribution in [3.8, 4) is 0 Å². The molecule has 0 aliphatic heterocycles. The Hall–Kier alpha value is -1.60. The van der Waals surface area contributed by atoms with Crippen molar-refractivity contribution in [2.45, 2.75) is 6.42 Å². The molecule has 0 radical (unpaired) electrons. The zero-order chi connectivity index (χ0) is 14.3. The summed E-state index contributed by atoms with van der Waals surface area (Å²) in [5.74, 6) is -1.10. The molecule has 7 heteroatoms. The molecule has 19 heavy (non-hydrogen) atoms. The summed E-state index contributed by atoms with van der Waals surface area (Å²) in [4.78, 5) is 22.6. The minimum atomic E-state index is -1.10. The van der Waals surface area contributed by atoms with E-state index in [1.807, 2.05) is 0 Å². The van der Waals surface area contributed by atoms with E-state index in [2.05, 4.69) is 26.6 Å². The molecule has 0 saturated heterocycles. The van der Waals surface area contributed by atoms with Crippen LogP contribution in [-0.4, -0.2) is 37.4 Å². The van der Waals surface area contributed by atoms with Gasteiger partial charge in [-0.25, -0.2) is 9.59 Å². The summed E-state index contributed by atoms with van der Waals surface area (Å²) in [6.07, 6.45) is 0.689. The number of benzene rings is 1. The van der Waals surface area contributed by atoms with Gasteiger partial charge in [0.15, 0.2) is 0 Å². The Balaban J connectivity index is 2.62. The molecule has 1 aromatic rings. The molecule has 0 aromatic heterocycles. The van der Waals surface area contributed by atoms with Gasteiger partial charge >= 0.3 is 12.0 Å². The average molecular weight is 331 g/mol. The first-order valence-electron chi connectivity index (χ1n) is 5.61. The van der Waals surface area contributed by atoms with Crippen molar-refractivity contribution >= 4 is 33.6 Å². The van der Waals surface area contributed by atoms with Gasteiger partial charge in [0.25, 0.3) is 0 Å². The highest BCUT2D eigenvalue weighted by atomic mass is 79.9. The zero-order valence-electron chi connectivity index (χ0n) is 10.4. The van der Waals surface area contributed by atoms with Crippen LogP contribution >= 0.6 is 15.9 Å². The minimum Gasteiger partial charge on any atom is -0.478 e. The van der Waals surface area contributed by atoms with Crippen LogP contribution in [0.3, 0.4) is 0 Å². The van der Waals surface area contributed by atoms with Crippen LogP contribution in [0.15, 0.2) is 22.7 Å².